The van der Waals surface area contributed by atoms with E-state index in [0.29, 0.717) is 17.4 Å². The fourth-order valence-electron chi connectivity index (χ4n) is 9.60. The molecule has 0 aromatic rings. The minimum atomic E-state index is -4.39. The minimum absolute atomic E-state index is 0.0287. The van der Waals surface area contributed by atoms with E-state index in [9.17, 15) is 19.0 Å². The van der Waals surface area contributed by atoms with Crippen molar-refractivity contribution in [3.8, 4) is 0 Å². The van der Waals surface area contributed by atoms with E-state index in [1.165, 1.54) is 199 Å². The zero-order chi connectivity index (χ0) is 56.3. The van der Waals surface area contributed by atoms with Crippen LogP contribution >= 0.6 is 7.82 Å². The summed E-state index contributed by atoms with van der Waals surface area (Å²) in [5.74, 6) is -0.801. The number of quaternary nitrogens is 1. The van der Waals surface area contributed by atoms with Crippen molar-refractivity contribution in [2.45, 2.75) is 322 Å². The number of nitrogens with zero attached hydrogens (tertiary/aromatic N) is 1. The maximum atomic E-state index is 12.8. The second-order valence-electron chi connectivity index (χ2n) is 23.5. The second-order valence-corrected chi connectivity index (χ2v) is 24.9. The van der Waals surface area contributed by atoms with Gasteiger partial charge in [-0.1, -0.05) is 300 Å². The van der Waals surface area contributed by atoms with E-state index in [4.69, 9.17) is 18.5 Å². The number of unbranched alkanes of at least 4 members (excludes halogenated alkanes) is 39. The Hall–Kier alpha value is -2.03. The van der Waals surface area contributed by atoms with Gasteiger partial charge in [0.15, 0.2) is 6.10 Å². The molecule has 0 bridgehead atoms. The maximum absolute atomic E-state index is 12.8. The first-order valence-electron chi connectivity index (χ1n) is 32.9. The first kappa shape index (κ1) is 75.0. The third-order valence-electron chi connectivity index (χ3n) is 14.6. The Bertz CT molecular complexity index is 1440. The van der Waals surface area contributed by atoms with Crippen molar-refractivity contribution >= 4 is 19.8 Å². The van der Waals surface area contributed by atoms with Crippen molar-refractivity contribution in [1.29, 1.82) is 0 Å². The topological polar surface area (TPSA) is 108 Å². The molecule has 0 amide bonds. The number of phosphoric acid groups is 1. The molecule has 0 aliphatic heterocycles. The van der Waals surface area contributed by atoms with Gasteiger partial charge < -0.3 is 18.9 Å². The van der Waals surface area contributed by atoms with Crippen LogP contribution in [0.2, 0.25) is 0 Å². The third kappa shape index (κ3) is 63.0. The lowest BCUT2D eigenvalue weighted by Gasteiger charge is -2.24. The Balaban J connectivity index is 3.97. The van der Waals surface area contributed by atoms with Crippen LogP contribution in [0.15, 0.2) is 48.6 Å². The molecule has 2 atom stereocenters. The van der Waals surface area contributed by atoms with E-state index in [-0.39, 0.29) is 32.0 Å². The first-order chi connectivity index (χ1) is 37.5. The highest BCUT2D eigenvalue weighted by Crippen LogP contribution is 2.43. The fraction of sp³-hybridized carbons (Fsp3) is 0.851. The van der Waals surface area contributed by atoms with E-state index in [1.807, 2.05) is 21.1 Å². The average molecular weight is 1110 g/mol. The lowest BCUT2D eigenvalue weighted by atomic mass is 10.0. The zero-order valence-corrected chi connectivity index (χ0v) is 52.4. The summed E-state index contributed by atoms with van der Waals surface area (Å²) in [6.45, 7) is 4.35. The van der Waals surface area contributed by atoms with Gasteiger partial charge in [-0.15, -0.1) is 0 Å². The molecule has 0 spiro atoms. The average Bonchev–Trinajstić information content (AvgIpc) is 3.39. The molecule has 0 rings (SSSR count). The standard InChI is InChI=1S/C67H126NO8P/c1-6-8-10-12-14-16-18-20-22-24-26-27-28-29-30-31-32-33-34-35-36-37-38-39-40-42-43-45-47-49-51-53-55-57-59-66(69)73-63-65(64-75-77(71,72)74-62-61-68(3,4)5)76-67(70)60-58-56-54-52-50-48-46-44-41-25-23-21-19-17-15-13-11-9-7-2/h9,11,15,17,21,23,41,44,65H,6-8,10,12-14,16,18-20,22,24-40,42-43,45-64H2,1-5H3/p+1/b11-9-,17-15-,23-21-,44-41-. The predicted octanol–water partition coefficient (Wildman–Crippen LogP) is 20.9. The number of hydrogen-bond donors (Lipinski definition) is 1. The molecule has 0 heterocycles. The number of carbonyl (C=O) groups is 2. The summed E-state index contributed by atoms with van der Waals surface area (Å²) in [5.41, 5.74) is 0. The Labute approximate surface area is 477 Å². The van der Waals surface area contributed by atoms with Crippen molar-refractivity contribution in [3.05, 3.63) is 48.6 Å². The van der Waals surface area contributed by atoms with Gasteiger partial charge in [0, 0.05) is 12.8 Å². The first-order valence-corrected chi connectivity index (χ1v) is 34.4. The van der Waals surface area contributed by atoms with Gasteiger partial charge in [0.05, 0.1) is 27.7 Å². The van der Waals surface area contributed by atoms with Crippen LogP contribution in [0.25, 0.3) is 0 Å². The summed E-state index contributed by atoms with van der Waals surface area (Å²) in [7, 11) is 1.47. The van der Waals surface area contributed by atoms with Crippen LogP contribution in [0.1, 0.15) is 316 Å². The molecule has 0 aliphatic carbocycles. The summed E-state index contributed by atoms with van der Waals surface area (Å²) in [4.78, 5) is 35.7. The number of allylic oxidation sites excluding steroid dienone is 8. The SMILES string of the molecule is CC/C=C\C/C=C\C/C=C\C/C=C\CCCCCCCCC(=O)OC(COC(=O)CCCCCCCCCCCCCCCCCCCCCCCCCCCCCCCCCCCC)COP(=O)(O)OCC[N+](C)(C)C. The highest BCUT2D eigenvalue weighted by Gasteiger charge is 2.27. The molecule has 452 valence electrons. The number of phosphoric ester groups is 1. The summed E-state index contributed by atoms with van der Waals surface area (Å²) in [6, 6.07) is 0. The number of hydrogen-bond acceptors (Lipinski definition) is 7. The van der Waals surface area contributed by atoms with Gasteiger partial charge >= 0.3 is 19.8 Å². The van der Waals surface area contributed by atoms with Gasteiger partial charge in [-0.25, -0.2) is 4.57 Å². The van der Waals surface area contributed by atoms with Crippen LogP contribution in [0.5, 0.6) is 0 Å². The molecule has 0 aromatic carbocycles. The molecular formula is C67H127NO8P+. The molecule has 77 heavy (non-hydrogen) atoms. The van der Waals surface area contributed by atoms with Crippen molar-refractivity contribution in [1.82, 2.24) is 0 Å². The van der Waals surface area contributed by atoms with Crippen LogP contribution in [-0.2, 0) is 32.7 Å². The molecular weight excluding hydrogens is 978 g/mol. The van der Waals surface area contributed by atoms with Crippen molar-refractivity contribution in [2.75, 3.05) is 47.5 Å². The Morgan fingerprint density at radius 1 is 0.416 bits per heavy atom. The quantitative estimate of drug-likeness (QED) is 0.0211. The Kier molecular flexibility index (Phi) is 57.1. The number of rotatable bonds is 61. The highest BCUT2D eigenvalue weighted by molar-refractivity contribution is 7.47. The molecule has 0 aliphatic rings. The zero-order valence-electron chi connectivity index (χ0n) is 51.5. The number of ether oxygens (including phenoxy) is 2. The predicted molar refractivity (Wildman–Crippen MR) is 330 cm³/mol. The molecule has 0 radical (unpaired) electrons. The minimum Gasteiger partial charge on any atom is -0.462 e. The molecule has 0 fully saturated rings. The van der Waals surface area contributed by atoms with Gasteiger partial charge in [-0.3, -0.25) is 18.6 Å². The Morgan fingerprint density at radius 3 is 1.10 bits per heavy atom. The fourth-order valence-corrected chi connectivity index (χ4v) is 10.3. The van der Waals surface area contributed by atoms with Crippen LogP contribution in [0, 0.1) is 0 Å². The van der Waals surface area contributed by atoms with Gasteiger partial charge in [-0.2, -0.15) is 0 Å². The molecule has 10 heteroatoms. The normalized spacial score (nSPS) is 13.5. The lowest BCUT2D eigenvalue weighted by molar-refractivity contribution is -0.870. The molecule has 1 N–H and O–H groups in total. The number of likely N-dealkylation sites (N-methyl/N-ethyl adjacent to an activating group) is 1. The van der Waals surface area contributed by atoms with Gasteiger partial charge in [0.1, 0.15) is 19.8 Å². The van der Waals surface area contributed by atoms with Crippen LogP contribution in [0.4, 0.5) is 0 Å². The molecule has 9 nitrogen and oxygen atoms in total. The van der Waals surface area contributed by atoms with E-state index < -0.39 is 26.5 Å². The summed E-state index contributed by atoms with van der Waals surface area (Å²) in [6.07, 6.45) is 75.1. The smallest absolute Gasteiger partial charge is 0.462 e. The number of carbonyl (C=O) groups excluding carboxylic acids is 2. The summed E-state index contributed by atoms with van der Waals surface area (Å²) >= 11 is 0. The molecule has 0 saturated carbocycles. The third-order valence-corrected chi connectivity index (χ3v) is 15.6. The van der Waals surface area contributed by atoms with E-state index in [0.717, 1.165) is 83.5 Å². The monoisotopic (exact) mass is 1100 g/mol. The lowest BCUT2D eigenvalue weighted by Crippen LogP contribution is -2.37. The van der Waals surface area contributed by atoms with Crippen molar-refractivity contribution in [2.24, 2.45) is 0 Å². The van der Waals surface area contributed by atoms with E-state index in [2.05, 4.69) is 62.5 Å². The second kappa shape index (κ2) is 58.6. The maximum Gasteiger partial charge on any atom is 0.472 e. The molecule has 0 aromatic heterocycles. The van der Waals surface area contributed by atoms with Crippen molar-refractivity contribution < 1.29 is 42.1 Å². The number of esters is 2. The molecule has 0 saturated heterocycles. The van der Waals surface area contributed by atoms with Crippen LogP contribution < -0.4 is 0 Å². The molecule has 2 unspecified atom stereocenters. The highest BCUT2D eigenvalue weighted by atomic mass is 31.2. The summed E-state index contributed by atoms with van der Waals surface area (Å²) in [5, 5.41) is 0. The van der Waals surface area contributed by atoms with Crippen LogP contribution in [0.3, 0.4) is 0 Å². The van der Waals surface area contributed by atoms with E-state index in [1.54, 1.807) is 0 Å². The van der Waals surface area contributed by atoms with E-state index >= 15 is 0 Å². The van der Waals surface area contributed by atoms with Gasteiger partial charge in [0.25, 0.3) is 0 Å². The summed E-state index contributed by atoms with van der Waals surface area (Å²) < 4.78 is 34.6. The van der Waals surface area contributed by atoms with Crippen molar-refractivity contribution in [3.63, 3.8) is 0 Å². The van der Waals surface area contributed by atoms with Gasteiger partial charge in [-0.05, 0) is 51.4 Å². The van der Waals surface area contributed by atoms with Crippen LogP contribution in [-0.4, -0.2) is 74.9 Å². The largest absolute Gasteiger partial charge is 0.472 e. The van der Waals surface area contributed by atoms with Gasteiger partial charge in [0.2, 0.25) is 0 Å². The Morgan fingerprint density at radius 2 is 0.740 bits per heavy atom.